The van der Waals surface area contributed by atoms with Crippen LogP contribution in [0.15, 0.2) is 27.7 Å². The molecule has 0 fully saturated rings. The van der Waals surface area contributed by atoms with Gasteiger partial charge < -0.3 is 20.5 Å². The number of anilines is 2. The molecule has 3 rings (SSSR count). The Kier molecular flexibility index (Phi) is 3.09. The number of oxazole rings is 1. The minimum Gasteiger partial charge on any atom is -0.444 e. The molecule has 0 saturated carbocycles. The number of nitrogens with zero attached hydrogens (tertiary/aromatic N) is 2. The minimum atomic E-state index is -0.211. The fourth-order valence-electron chi connectivity index (χ4n) is 2.07. The Morgan fingerprint density at radius 1 is 1.38 bits per heavy atom. The number of hydrogen-bond acceptors (Lipinski definition) is 6. The number of nitrogen functional groups attached to an aromatic ring is 1. The molecule has 2 aromatic heterocycles. The summed E-state index contributed by atoms with van der Waals surface area (Å²) in [7, 11) is 0. The summed E-state index contributed by atoms with van der Waals surface area (Å²) in [4.78, 5) is 22.6. The van der Waals surface area contributed by atoms with Crippen molar-refractivity contribution in [3.63, 3.8) is 0 Å². The van der Waals surface area contributed by atoms with Crippen LogP contribution in [-0.4, -0.2) is 15.0 Å². The van der Waals surface area contributed by atoms with Crippen molar-refractivity contribution in [1.82, 2.24) is 15.0 Å². The van der Waals surface area contributed by atoms with Crippen molar-refractivity contribution >= 4 is 22.3 Å². The molecule has 0 radical (unpaired) electrons. The molecule has 0 saturated heterocycles. The lowest BCUT2D eigenvalue weighted by atomic mass is 10.2. The summed E-state index contributed by atoms with van der Waals surface area (Å²) in [5, 5.41) is 3.61. The van der Waals surface area contributed by atoms with Gasteiger partial charge in [-0.1, -0.05) is 0 Å². The normalized spacial score (nSPS) is 11.0. The van der Waals surface area contributed by atoms with Crippen LogP contribution in [-0.2, 0) is 6.54 Å². The van der Waals surface area contributed by atoms with E-state index in [-0.39, 0.29) is 5.56 Å². The van der Waals surface area contributed by atoms with E-state index in [1.165, 1.54) is 6.33 Å². The summed E-state index contributed by atoms with van der Waals surface area (Å²) in [5.74, 6) is 1.38. The molecule has 21 heavy (non-hydrogen) atoms. The van der Waals surface area contributed by atoms with Crippen molar-refractivity contribution in [3.8, 4) is 0 Å². The van der Waals surface area contributed by atoms with Crippen LogP contribution >= 0.6 is 0 Å². The molecule has 7 nitrogen and oxygen atoms in total. The molecule has 0 atom stereocenters. The molecule has 0 bridgehead atoms. The van der Waals surface area contributed by atoms with Crippen molar-refractivity contribution < 1.29 is 4.42 Å². The standard InChI is InChI=1S/C14H15N5O2/c1-7-8(2)21-13(19-7)5-16-12-4-11-9(3-10(12)15)14(20)18-6-17-11/h3-4,6,16H,5,15H2,1-2H3,(H,17,18,20). The molecule has 108 valence electrons. The maximum Gasteiger partial charge on any atom is 0.258 e. The molecule has 0 aliphatic rings. The monoisotopic (exact) mass is 285 g/mol. The lowest BCUT2D eigenvalue weighted by Crippen LogP contribution is -2.09. The van der Waals surface area contributed by atoms with Crippen LogP contribution in [0.5, 0.6) is 0 Å². The van der Waals surface area contributed by atoms with Crippen molar-refractivity contribution in [1.29, 1.82) is 0 Å². The second-order valence-corrected chi connectivity index (χ2v) is 4.79. The van der Waals surface area contributed by atoms with Gasteiger partial charge in [-0.3, -0.25) is 4.79 Å². The number of benzene rings is 1. The van der Waals surface area contributed by atoms with Gasteiger partial charge in [-0.15, -0.1) is 0 Å². The van der Waals surface area contributed by atoms with E-state index in [2.05, 4.69) is 20.3 Å². The van der Waals surface area contributed by atoms with Gasteiger partial charge in [-0.25, -0.2) is 9.97 Å². The van der Waals surface area contributed by atoms with Crippen LogP contribution in [0, 0.1) is 13.8 Å². The summed E-state index contributed by atoms with van der Waals surface area (Å²) >= 11 is 0. The van der Waals surface area contributed by atoms with Gasteiger partial charge in [-0.05, 0) is 26.0 Å². The third-order valence-corrected chi connectivity index (χ3v) is 3.31. The van der Waals surface area contributed by atoms with E-state index in [4.69, 9.17) is 10.2 Å². The highest BCUT2D eigenvalue weighted by molar-refractivity contribution is 5.88. The van der Waals surface area contributed by atoms with Gasteiger partial charge in [0.25, 0.3) is 5.56 Å². The molecular weight excluding hydrogens is 270 g/mol. The SMILES string of the molecule is Cc1nc(CNc2cc3nc[nH]c(=O)c3cc2N)oc1C. The van der Waals surface area contributed by atoms with Gasteiger partial charge in [0.15, 0.2) is 0 Å². The van der Waals surface area contributed by atoms with E-state index in [1.807, 2.05) is 13.8 Å². The summed E-state index contributed by atoms with van der Waals surface area (Å²) in [5.41, 5.74) is 8.36. The molecule has 0 unspecified atom stereocenters. The predicted molar refractivity (Wildman–Crippen MR) is 80.1 cm³/mol. The van der Waals surface area contributed by atoms with E-state index in [0.29, 0.717) is 34.7 Å². The maximum absolute atomic E-state index is 11.7. The number of aromatic nitrogens is 3. The molecule has 7 heteroatoms. The highest BCUT2D eigenvalue weighted by Gasteiger charge is 2.08. The van der Waals surface area contributed by atoms with E-state index < -0.39 is 0 Å². The van der Waals surface area contributed by atoms with Gasteiger partial charge in [0.05, 0.1) is 40.8 Å². The average molecular weight is 285 g/mol. The minimum absolute atomic E-state index is 0.211. The van der Waals surface area contributed by atoms with Crippen molar-refractivity contribution in [3.05, 3.63) is 46.2 Å². The van der Waals surface area contributed by atoms with E-state index in [9.17, 15) is 4.79 Å². The van der Waals surface area contributed by atoms with Gasteiger partial charge >= 0.3 is 0 Å². The number of rotatable bonds is 3. The number of aromatic amines is 1. The zero-order chi connectivity index (χ0) is 15.0. The second kappa shape index (κ2) is 4.93. The first-order chi connectivity index (χ1) is 10.0. The Labute approximate surface area is 120 Å². The Morgan fingerprint density at radius 3 is 2.90 bits per heavy atom. The number of aryl methyl sites for hydroxylation is 2. The predicted octanol–water partition coefficient (Wildman–Crippen LogP) is 1.72. The first kappa shape index (κ1) is 13.2. The van der Waals surface area contributed by atoms with Crippen LogP contribution < -0.4 is 16.6 Å². The highest BCUT2D eigenvalue weighted by atomic mass is 16.4. The highest BCUT2D eigenvalue weighted by Crippen LogP contribution is 2.23. The molecule has 4 N–H and O–H groups in total. The summed E-state index contributed by atoms with van der Waals surface area (Å²) in [6, 6.07) is 3.35. The third-order valence-electron chi connectivity index (χ3n) is 3.31. The molecule has 0 aliphatic heterocycles. The van der Waals surface area contributed by atoms with Gasteiger partial charge in [0, 0.05) is 0 Å². The third kappa shape index (κ3) is 2.45. The lowest BCUT2D eigenvalue weighted by Gasteiger charge is -2.08. The van der Waals surface area contributed by atoms with E-state index in [0.717, 1.165) is 11.5 Å². The average Bonchev–Trinajstić information content (AvgIpc) is 2.77. The number of hydrogen-bond donors (Lipinski definition) is 3. The van der Waals surface area contributed by atoms with Gasteiger partial charge in [-0.2, -0.15) is 0 Å². The number of fused-ring (bicyclic) bond motifs is 1. The molecule has 3 aromatic rings. The fraction of sp³-hybridized carbons (Fsp3) is 0.214. The maximum atomic E-state index is 11.7. The zero-order valence-corrected chi connectivity index (χ0v) is 11.7. The van der Waals surface area contributed by atoms with Gasteiger partial charge in [0.2, 0.25) is 5.89 Å². The number of nitrogens with two attached hydrogens (primary N) is 1. The van der Waals surface area contributed by atoms with Crippen LogP contribution in [0.2, 0.25) is 0 Å². The molecule has 2 heterocycles. The van der Waals surface area contributed by atoms with E-state index >= 15 is 0 Å². The van der Waals surface area contributed by atoms with Crippen LogP contribution in [0.3, 0.4) is 0 Å². The van der Waals surface area contributed by atoms with Crippen molar-refractivity contribution in [2.75, 3.05) is 11.1 Å². The fourth-order valence-corrected chi connectivity index (χ4v) is 2.07. The summed E-state index contributed by atoms with van der Waals surface area (Å²) in [6.45, 7) is 4.17. The van der Waals surface area contributed by atoms with Crippen LogP contribution in [0.25, 0.3) is 10.9 Å². The second-order valence-electron chi connectivity index (χ2n) is 4.79. The largest absolute Gasteiger partial charge is 0.444 e. The van der Waals surface area contributed by atoms with Crippen molar-refractivity contribution in [2.45, 2.75) is 20.4 Å². The number of H-pyrrole nitrogens is 1. The topological polar surface area (TPSA) is 110 Å². The molecular formula is C14H15N5O2. The quantitative estimate of drug-likeness (QED) is 0.632. The van der Waals surface area contributed by atoms with Crippen LogP contribution in [0.4, 0.5) is 11.4 Å². The smallest absolute Gasteiger partial charge is 0.258 e. The molecule has 1 aromatic carbocycles. The molecule has 0 spiro atoms. The lowest BCUT2D eigenvalue weighted by molar-refractivity contribution is 0.478. The van der Waals surface area contributed by atoms with Crippen LogP contribution in [0.1, 0.15) is 17.3 Å². The first-order valence-electron chi connectivity index (χ1n) is 6.48. The van der Waals surface area contributed by atoms with Gasteiger partial charge in [0.1, 0.15) is 5.76 Å². The zero-order valence-electron chi connectivity index (χ0n) is 11.7. The van der Waals surface area contributed by atoms with Crippen molar-refractivity contribution in [2.24, 2.45) is 0 Å². The summed E-state index contributed by atoms with van der Waals surface area (Å²) in [6.07, 6.45) is 1.37. The first-order valence-corrected chi connectivity index (χ1v) is 6.48. The van der Waals surface area contributed by atoms with E-state index in [1.54, 1.807) is 12.1 Å². The number of nitrogens with one attached hydrogen (secondary N) is 2. The molecule has 0 amide bonds. The Morgan fingerprint density at radius 2 is 2.19 bits per heavy atom. The Balaban J connectivity index is 1.90. The summed E-state index contributed by atoms with van der Waals surface area (Å²) < 4.78 is 5.50. The Bertz CT molecular complexity index is 846. The molecule has 0 aliphatic carbocycles. The Hall–Kier alpha value is -2.83.